The van der Waals surface area contributed by atoms with E-state index in [4.69, 9.17) is 0 Å². The smallest absolute Gasteiger partial charge is 0.254 e. The number of likely N-dealkylation sites (tertiary alicyclic amines) is 1. The van der Waals surface area contributed by atoms with Gasteiger partial charge in [0.05, 0.1) is 18.5 Å². The summed E-state index contributed by atoms with van der Waals surface area (Å²) in [6.45, 7) is 2.45. The first-order valence-electron chi connectivity index (χ1n) is 6.30. The van der Waals surface area contributed by atoms with Crippen LogP contribution in [0.15, 0.2) is 29.5 Å². The highest BCUT2D eigenvalue weighted by atomic mass is 16.2. The lowest BCUT2D eigenvalue weighted by molar-refractivity contribution is -0.122. The Morgan fingerprint density at radius 1 is 1.39 bits per heavy atom. The van der Waals surface area contributed by atoms with Crippen molar-refractivity contribution in [2.75, 3.05) is 19.6 Å². The van der Waals surface area contributed by atoms with Crippen molar-refractivity contribution in [3.8, 4) is 0 Å². The summed E-state index contributed by atoms with van der Waals surface area (Å²) in [7, 11) is 0. The molecule has 2 rings (SSSR count). The summed E-state index contributed by atoms with van der Waals surface area (Å²) in [4.78, 5) is 17.9. The summed E-state index contributed by atoms with van der Waals surface area (Å²) in [6.07, 6.45) is 6.88. The third-order valence-corrected chi connectivity index (χ3v) is 2.89. The van der Waals surface area contributed by atoms with Crippen LogP contribution in [0.4, 0.5) is 0 Å². The van der Waals surface area contributed by atoms with Crippen LogP contribution in [0.3, 0.4) is 0 Å². The Labute approximate surface area is 107 Å². The first-order chi connectivity index (χ1) is 8.84. The summed E-state index contributed by atoms with van der Waals surface area (Å²) in [5, 5.41) is 3.89. The summed E-state index contributed by atoms with van der Waals surface area (Å²) >= 11 is 0. The number of pyridine rings is 1. The van der Waals surface area contributed by atoms with E-state index in [2.05, 4.69) is 20.4 Å². The van der Waals surface area contributed by atoms with Crippen molar-refractivity contribution in [1.29, 1.82) is 0 Å². The molecule has 1 N–H and O–H groups in total. The quantitative estimate of drug-likeness (QED) is 0.637. The molecule has 1 aliphatic rings. The highest BCUT2D eigenvalue weighted by Gasteiger charge is 2.12. The molecule has 18 heavy (non-hydrogen) atoms. The van der Waals surface area contributed by atoms with Crippen molar-refractivity contribution >= 4 is 12.1 Å². The number of hydrazone groups is 1. The van der Waals surface area contributed by atoms with Crippen LogP contribution in [0.5, 0.6) is 0 Å². The van der Waals surface area contributed by atoms with Crippen LogP contribution < -0.4 is 5.43 Å². The molecule has 1 aliphatic heterocycles. The van der Waals surface area contributed by atoms with E-state index < -0.39 is 0 Å². The summed E-state index contributed by atoms with van der Waals surface area (Å²) < 4.78 is 0. The van der Waals surface area contributed by atoms with Gasteiger partial charge in [-0.2, -0.15) is 5.10 Å². The zero-order valence-electron chi connectivity index (χ0n) is 10.4. The van der Waals surface area contributed by atoms with Gasteiger partial charge in [-0.3, -0.25) is 14.7 Å². The lowest BCUT2D eigenvalue weighted by atomic mass is 10.1. The minimum atomic E-state index is -0.0657. The van der Waals surface area contributed by atoms with Gasteiger partial charge in [0, 0.05) is 6.20 Å². The molecular formula is C13H18N4O. The van der Waals surface area contributed by atoms with Gasteiger partial charge in [-0.25, -0.2) is 5.43 Å². The predicted octanol–water partition coefficient (Wildman–Crippen LogP) is 1.02. The summed E-state index contributed by atoms with van der Waals surface area (Å²) in [5.74, 6) is -0.0657. The van der Waals surface area contributed by atoms with E-state index in [1.165, 1.54) is 19.3 Å². The normalized spacial score (nSPS) is 16.9. The molecule has 1 amide bonds. The fourth-order valence-corrected chi connectivity index (χ4v) is 1.98. The molecular weight excluding hydrogens is 228 g/mol. The molecule has 0 saturated carbocycles. The lowest BCUT2D eigenvalue weighted by Gasteiger charge is -2.25. The van der Waals surface area contributed by atoms with Crippen LogP contribution in [0.25, 0.3) is 0 Å². The third-order valence-electron chi connectivity index (χ3n) is 2.89. The molecule has 5 heteroatoms. The van der Waals surface area contributed by atoms with Gasteiger partial charge < -0.3 is 0 Å². The molecule has 0 radical (unpaired) electrons. The van der Waals surface area contributed by atoms with Crippen molar-refractivity contribution < 1.29 is 4.79 Å². The highest BCUT2D eigenvalue weighted by molar-refractivity contribution is 5.81. The van der Waals surface area contributed by atoms with E-state index in [-0.39, 0.29) is 5.91 Å². The van der Waals surface area contributed by atoms with Gasteiger partial charge in [0.1, 0.15) is 0 Å². The maximum Gasteiger partial charge on any atom is 0.254 e. The Balaban J connectivity index is 1.72. The number of aromatic nitrogens is 1. The van der Waals surface area contributed by atoms with Crippen molar-refractivity contribution in [3.63, 3.8) is 0 Å². The second kappa shape index (κ2) is 6.86. The Bertz CT molecular complexity index is 399. The molecule has 96 valence electrons. The largest absolute Gasteiger partial charge is 0.294 e. The monoisotopic (exact) mass is 246 g/mol. The molecule has 0 unspecified atom stereocenters. The number of nitrogens with one attached hydrogen (secondary N) is 1. The maximum atomic E-state index is 11.6. The molecule has 0 bridgehead atoms. The summed E-state index contributed by atoms with van der Waals surface area (Å²) in [5.41, 5.74) is 3.26. The van der Waals surface area contributed by atoms with Gasteiger partial charge in [-0.15, -0.1) is 0 Å². The number of nitrogens with zero attached hydrogens (tertiary/aromatic N) is 3. The van der Waals surface area contributed by atoms with Gasteiger partial charge in [0.25, 0.3) is 5.91 Å². The van der Waals surface area contributed by atoms with E-state index in [1.54, 1.807) is 12.4 Å². The van der Waals surface area contributed by atoms with E-state index in [0.717, 1.165) is 18.8 Å². The SMILES string of the molecule is O=C(CN1CCCCC1)N/N=C\c1ccccn1. The van der Waals surface area contributed by atoms with E-state index in [1.807, 2.05) is 18.2 Å². The van der Waals surface area contributed by atoms with E-state index in [0.29, 0.717) is 6.54 Å². The second-order valence-corrected chi connectivity index (χ2v) is 4.38. The van der Waals surface area contributed by atoms with Gasteiger partial charge in [0.2, 0.25) is 0 Å². The molecule has 0 spiro atoms. The van der Waals surface area contributed by atoms with Gasteiger partial charge >= 0.3 is 0 Å². The molecule has 1 aromatic heterocycles. The number of amides is 1. The number of piperidine rings is 1. The van der Waals surface area contributed by atoms with E-state index >= 15 is 0 Å². The topological polar surface area (TPSA) is 57.6 Å². The first kappa shape index (κ1) is 12.7. The van der Waals surface area contributed by atoms with Crippen molar-refractivity contribution in [2.45, 2.75) is 19.3 Å². The Morgan fingerprint density at radius 2 is 2.22 bits per heavy atom. The van der Waals surface area contributed by atoms with Crippen LogP contribution in [0, 0.1) is 0 Å². The van der Waals surface area contributed by atoms with Crippen LogP contribution in [0.2, 0.25) is 0 Å². The minimum absolute atomic E-state index is 0.0657. The van der Waals surface area contributed by atoms with Gasteiger partial charge in [-0.1, -0.05) is 12.5 Å². The molecule has 1 fully saturated rings. The van der Waals surface area contributed by atoms with Crippen molar-refractivity contribution in [1.82, 2.24) is 15.3 Å². The zero-order chi connectivity index (χ0) is 12.6. The number of rotatable bonds is 4. The maximum absolute atomic E-state index is 11.6. The van der Waals surface area contributed by atoms with Gasteiger partial charge in [0.15, 0.2) is 0 Å². The first-order valence-corrected chi connectivity index (χ1v) is 6.30. The number of hydrogen-bond acceptors (Lipinski definition) is 4. The van der Waals surface area contributed by atoms with Crippen LogP contribution in [-0.4, -0.2) is 41.6 Å². The standard InChI is InChI=1S/C13H18N4O/c18-13(11-17-8-4-1-5-9-17)16-15-10-12-6-2-3-7-14-12/h2-3,6-7,10H,1,4-5,8-9,11H2,(H,16,18)/b15-10-. The summed E-state index contributed by atoms with van der Waals surface area (Å²) in [6, 6.07) is 5.55. The second-order valence-electron chi connectivity index (χ2n) is 4.38. The average Bonchev–Trinajstić information content (AvgIpc) is 2.41. The van der Waals surface area contributed by atoms with E-state index in [9.17, 15) is 4.79 Å². The fraction of sp³-hybridized carbons (Fsp3) is 0.462. The Kier molecular flexibility index (Phi) is 4.84. The zero-order valence-corrected chi connectivity index (χ0v) is 10.4. The molecule has 2 heterocycles. The molecule has 0 aromatic carbocycles. The van der Waals surface area contributed by atoms with Crippen molar-refractivity contribution in [3.05, 3.63) is 30.1 Å². The Hall–Kier alpha value is -1.75. The van der Waals surface area contributed by atoms with Crippen molar-refractivity contribution in [2.24, 2.45) is 5.10 Å². The molecule has 1 aromatic rings. The number of carbonyl (C=O) groups excluding carboxylic acids is 1. The highest BCUT2D eigenvalue weighted by Crippen LogP contribution is 2.07. The molecule has 0 aliphatic carbocycles. The molecule has 0 atom stereocenters. The van der Waals surface area contributed by atoms with Crippen LogP contribution in [-0.2, 0) is 4.79 Å². The number of hydrogen-bond donors (Lipinski definition) is 1. The fourth-order valence-electron chi connectivity index (χ4n) is 1.98. The van der Waals surface area contributed by atoms with Crippen LogP contribution >= 0.6 is 0 Å². The molecule has 1 saturated heterocycles. The van der Waals surface area contributed by atoms with Gasteiger partial charge in [-0.05, 0) is 38.1 Å². The van der Waals surface area contributed by atoms with Crippen LogP contribution in [0.1, 0.15) is 25.0 Å². The molecule has 5 nitrogen and oxygen atoms in total. The lowest BCUT2D eigenvalue weighted by Crippen LogP contribution is -2.38. The minimum Gasteiger partial charge on any atom is -0.294 e. The Morgan fingerprint density at radius 3 is 2.94 bits per heavy atom. The number of carbonyl (C=O) groups is 1. The average molecular weight is 246 g/mol. The third kappa shape index (κ3) is 4.25. The predicted molar refractivity (Wildman–Crippen MR) is 70.3 cm³/mol.